The van der Waals surface area contributed by atoms with Crippen LogP contribution in [0.15, 0.2) is 54.6 Å². The van der Waals surface area contributed by atoms with Gasteiger partial charge in [-0.05, 0) is 18.2 Å². The van der Waals surface area contributed by atoms with Crippen LogP contribution in [0.5, 0.6) is 0 Å². The Balaban J connectivity index is 2.00. The smallest absolute Gasteiger partial charge is 0.158 e. The molecule has 1 aliphatic rings. The molecule has 0 radical (unpaired) electrons. The van der Waals surface area contributed by atoms with Crippen molar-refractivity contribution in [3.05, 3.63) is 54.6 Å². The van der Waals surface area contributed by atoms with Crippen molar-refractivity contribution in [3.8, 4) is 0 Å². The van der Waals surface area contributed by atoms with E-state index in [2.05, 4.69) is 58.2 Å². The Kier molecular flexibility index (Phi) is 2.28. The van der Waals surface area contributed by atoms with Gasteiger partial charge in [-0.15, -0.1) is 0 Å². The number of hydrogen-bond acceptors (Lipinski definition) is 3. The van der Waals surface area contributed by atoms with Crippen LogP contribution < -0.4 is 16.0 Å². The number of hydrogen-bond donors (Lipinski definition) is 2. The molecule has 3 N–H and O–H groups in total. The molecule has 4 heteroatoms. The molecule has 4 rings (SSSR count). The van der Waals surface area contributed by atoms with Crippen molar-refractivity contribution in [2.75, 3.05) is 10.2 Å². The Morgan fingerprint density at radius 3 is 2.50 bits per heavy atom. The third kappa shape index (κ3) is 1.39. The predicted octanol–water partition coefficient (Wildman–Crippen LogP) is 2.98. The van der Waals surface area contributed by atoms with E-state index in [1.807, 2.05) is 18.2 Å². The summed E-state index contributed by atoms with van der Waals surface area (Å²) in [7, 11) is 2.06. The summed E-state index contributed by atoms with van der Waals surface area (Å²) in [5, 5.41) is 4.59. The molecular weight excluding hydrogens is 248 g/mol. The third-order valence-corrected chi connectivity index (χ3v) is 3.92. The number of nitrogens with two attached hydrogens (primary N) is 1. The lowest BCUT2D eigenvalue weighted by Gasteiger charge is -2.24. The molecule has 0 spiro atoms. The van der Waals surface area contributed by atoms with E-state index >= 15 is 0 Å². The van der Waals surface area contributed by atoms with E-state index in [-0.39, 0.29) is 6.29 Å². The maximum Gasteiger partial charge on any atom is 0.158 e. The van der Waals surface area contributed by atoms with Gasteiger partial charge in [0.2, 0.25) is 0 Å². The van der Waals surface area contributed by atoms with E-state index in [4.69, 9.17) is 5.73 Å². The largest absolute Gasteiger partial charge is 0.337 e. The number of benzene rings is 2. The van der Waals surface area contributed by atoms with Crippen LogP contribution >= 0.6 is 0 Å². The summed E-state index contributed by atoms with van der Waals surface area (Å²) in [5.41, 5.74) is 9.73. The van der Waals surface area contributed by atoms with Gasteiger partial charge in [-0.2, -0.15) is 0 Å². The highest BCUT2D eigenvalue weighted by molar-refractivity contribution is 6.04. The Labute approximate surface area is 117 Å². The maximum absolute atomic E-state index is 6.27. The van der Waals surface area contributed by atoms with Crippen molar-refractivity contribution in [1.82, 2.24) is 4.57 Å². The molecule has 4 nitrogen and oxygen atoms in total. The quantitative estimate of drug-likeness (QED) is 0.710. The van der Waals surface area contributed by atoms with Crippen LogP contribution in [0.1, 0.15) is 0 Å². The first-order valence-electron chi connectivity index (χ1n) is 6.71. The number of para-hydroxylation sites is 2. The molecule has 1 atom stereocenters. The van der Waals surface area contributed by atoms with Gasteiger partial charge in [-0.1, -0.05) is 36.4 Å². The highest BCUT2D eigenvalue weighted by Crippen LogP contribution is 2.45. The second-order valence-electron chi connectivity index (χ2n) is 5.07. The van der Waals surface area contributed by atoms with Gasteiger partial charge >= 0.3 is 0 Å². The maximum atomic E-state index is 6.27. The van der Waals surface area contributed by atoms with E-state index in [0.29, 0.717) is 0 Å². The summed E-state index contributed by atoms with van der Waals surface area (Å²) in [5.74, 6) is 1.07. The van der Waals surface area contributed by atoms with Crippen molar-refractivity contribution in [2.45, 2.75) is 6.29 Å². The van der Waals surface area contributed by atoms with Gasteiger partial charge in [0, 0.05) is 18.1 Å². The second kappa shape index (κ2) is 4.02. The first-order chi connectivity index (χ1) is 9.77. The molecule has 0 fully saturated rings. The molecule has 3 aromatic rings. The zero-order valence-corrected chi connectivity index (χ0v) is 11.2. The molecular formula is C16H16N4. The van der Waals surface area contributed by atoms with Crippen molar-refractivity contribution in [2.24, 2.45) is 12.8 Å². The van der Waals surface area contributed by atoms with Gasteiger partial charge in [0.15, 0.2) is 6.29 Å². The molecule has 0 saturated carbocycles. The summed E-state index contributed by atoms with van der Waals surface area (Å²) < 4.78 is 2.16. The van der Waals surface area contributed by atoms with Crippen LogP contribution in [-0.4, -0.2) is 10.9 Å². The molecule has 2 heterocycles. The van der Waals surface area contributed by atoms with Crippen LogP contribution in [0.4, 0.5) is 17.2 Å². The minimum atomic E-state index is -0.238. The Morgan fingerprint density at radius 1 is 1.00 bits per heavy atom. The fourth-order valence-electron chi connectivity index (χ4n) is 3.00. The average molecular weight is 264 g/mol. The lowest BCUT2D eigenvalue weighted by atomic mass is 10.2. The summed E-state index contributed by atoms with van der Waals surface area (Å²) in [6.45, 7) is 0. The first-order valence-corrected chi connectivity index (χ1v) is 6.71. The van der Waals surface area contributed by atoms with E-state index < -0.39 is 0 Å². The van der Waals surface area contributed by atoms with E-state index in [9.17, 15) is 0 Å². The monoisotopic (exact) mass is 264 g/mol. The van der Waals surface area contributed by atoms with Crippen molar-refractivity contribution >= 4 is 28.1 Å². The molecule has 0 aliphatic carbocycles. The van der Waals surface area contributed by atoms with Gasteiger partial charge < -0.3 is 14.8 Å². The average Bonchev–Trinajstić information content (AvgIpc) is 2.96. The zero-order valence-electron chi connectivity index (χ0n) is 11.2. The molecule has 0 saturated heterocycles. The molecule has 20 heavy (non-hydrogen) atoms. The van der Waals surface area contributed by atoms with Crippen molar-refractivity contribution in [1.29, 1.82) is 0 Å². The van der Waals surface area contributed by atoms with Gasteiger partial charge in [-0.3, -0.25) is 5.73 Å². The number of aromatic nitrogens is 1. The number of anilines is 3. The first kappa shape index (κ1) is 11.4. The van der Waals surface area contributed by atoms with Crippen molar-refractivity contribution < 1.29 is 0 Å². The van der Waals surface area contributed by atoms with Crippen LogP contribution in [0.2, 0.25) is 0 Å². The molecule has 0 amide bonds. The number of nitrogens with zero attached hydrogens (tertiary/aromatic N) is 2. The Bertz CT molecular complexity index is 776. The van der Waals surface area contributed by atoms with Gasteiger partial charge in [0.05, 0.1) is 11.2 Å². The fraction of sp³-hybridized carbons (Fsp3) is 0.125. The minimum Gasteiger partial charge on any atom is -0.337 e. The summed E-state index contributed by atoms with van der Waals surface area (Å²) in [6.07, 6.45) is -0.238. The molecule has 0 bridgehead atoms. The zero-order chi connectivity index (χ0) is 13.7. The highest BCUT2D eigenvalue weighted by atomic mass is 15.4. The third-order valence-electron chi connectivity index (χ3n) is 3.92. The molecule has 1 aliphatic heterocycles. The van der Waals surface area contributed by atoms with Crippen LogP contribution in [0.25, 0.3) is 10.9 Å². The molecule has 1 aromatic heterocycles. The van der Waals surface area contributed by atoms with Gasteiger partial charge in [-0.25, -0.2) is 0 Å². The SMILES string of the molecule is Cn1c2c(c3ccccc31)N(c1ccccc1)C(N)N2. The number of fused-ring (bicyclic) bond motifs is 3. The highest BCUT2D eigenvalue weighted by Gasteiger charge is 2.32. The Morgan fingerprint density at radius 2 is 1.70 bits per heavy atom. The van der Waals surface area contributed by atoms with Crippen LogP contribution in [0, 0.1) is 0 Å². The summed E-state index contributed by atoms with van der Waals surface area (Å²) in [6, 6.07) is 18.6. The fourth-order valence-corrected chi connectivity index (χ4v) is 3.00. The van der Waals surface area contributed by atoms with E-state index in [0.717, 1.165) is 17.2 Å². The van der Waals surface area contributed by atoms with Gasteiger partial charge in [0.25, 0.3) is 0 Å². The molecule has 2 aromatic carbocycles. The van der Waals surface area contributed by atoms with Crippen LogP contribution in [0.3, 0.4) is 0 Å². The number of rotatable bonds is 1. The van der Waals surface area contributed by atoms with E-state index in [1.165, 1.54) is 10.9 Å². The van der Waals surface area contributed by atoms with E-state index in [1.54, 1.807) is 0 Å². The lowest BCUT2D eigenvalue weighted by Crippen LogP contribution is -2.40. The van der Waals surface area contributed by atoms with Crippen LogP contribution in [-0.2, 0) is 7.05 Å². The summed E-state index contributed by atoms with van der Waals surface area (Å²) in [4.78, 5) is 2.15. The molecule has 100 valence electrons. The minimum absolute atomic E-state index is 0.238. The van der Waals surface area contributed by atoms with Gasteiger partial charge in [0.1, 0.15) is 5.82 Å². The predicted molar refractivity (Wildman–Crippen MR) is 83.1 cm³/mol. The lowest BCUT2D eigenvalue weighted by molar-refractivity contribution is 0.793. The number of aryl methyl sites for hydroxylation is 1. The standard InChI is InChI=1S/C16H16N4/c1-19-13-10-6-5-9-12(13)14-15(19)18-16(17)20(14)11-7-3-2-4-8-11/h2-10,16,18H,17H2,1H3. The van der Waals surface area contributed by atoms with Crippen molar-refractivity contribution in [3.63, 3.8) is 0 Å². The topological polar surface area (TPSA) is 46.2 Å². The second-order valence-corrected chi connectivity index (χ2v) is 5.07. The summed E-state index contributed by atoms with van der Waals surface area (Å²) >= 11 is 0. The number of nitrogens with one attached hydrogen (secondary N) is 1. The molecule has 1 unspecified atom stereocenters. The Hall–Kier alpha value is -2.46. The normalized spacial score (nSPS) is 17.3.